The van der Waals surface area contributed by atoms with Crippen LogP contribution in [0.25, 0.3) is 10.9 Å². The van der Waals surface area contributed by atoms with Gasteiger partial charge < -0.3 is 9.84 Å². The van der Waals surface area contributed by atoms with Crippen molar-refractivity contribution in [1.82, 2.24) is 20.0 Å². The van der Waals surface area contributed by atoms with E-state index in [4.69, 9.17) is 9.84 Å². The van der Waals surface area contributed by atoms with Crippen molar-refractivity contribution in [1.29, 1.82) is 0 Å². The predicted octanol–water partition coefficient (Wildman–Crippen LogP) is 2.62. The maximum atomic E-state index is 11.0. The maximum Gasteiger partial charge on any atom is 0.357 e. The number of nitrogens with zero attached hydrogens (tertiary/aromatic N) is 3. The fourth-order valence-electron chi connectivity index (χ4n) is 2.15. The Morgan fingerprint density at radius 3 is 2.91 bits per heavy atom. The Bertz CT molecular complexity index is 819. The van der Waals surface area contributed by atoms with Crippen LogP contribution in [-0.4, -0.2) is 31.1 Å². The number of ether oxygens (including phenoxy) is 1. The van der Waals surface area contributed by atoms with E-state index in [1.807, 2.05) is 16.9 Å². The van der Waals surface area contributed by atoms with E-state index < -0.39 is 5.97 Å². The fourth-order valence-corrected chi connectivity index (χ4v) is 2.15. The van der Waals surface area contributed by atoms with Gasteiger partial charge in [-0.25, -0.2) is 4.79 Å². The van der Waals surface area contributed by atoms with Gasteiger partial charge in [-0.2, -0.15) is 10.2 Å². The average molecular weight is 300 g/mol. The third-order valence-corrected chi connectivity index (χ3v) is 3.32. The molecule has 0 radical (unpaired) electrons. The summed E-state index contributed by atoms with van der Waals surface area (Å²) in [7, 11) is 0. The van der Waals surface area contributed by atoms with E-state index in [-0.39, 0.29) is 5.69 Å². The number of H-pyrrole nitrogens is 1. The summed E-state index contributed by atoms with van der Waals surface area (Å²) in [6.45, 7) is 4.47. The van der Waals surface area contributed by atoms with Gasteiger partial charge in [0.05, 0.1) is 11.2 Å². The highest BCUT2D eigenvalue weighted by Crippen LogP contribution is 2.22. The third-order valence-electron chi connectivity index (χ3n) is 3.32. The van der Waals surface area contributed by atoms with Crippen LogP contribution >= 0.6 is 0 Å². The van der Waals surface area contributed by atoms with Crippen LogP contribution in [0.3, 0.4) is 0 Å². The zero-order valence-electron chi connectivity index (χ0n) is 12.3. The number of nitrogens with one attached hydrogen (secondary N) is 1. The van der Waals surface area contributed by atoms with Gasteiger partial charge in [-0.05, 0) is 32.0 Å². The van der Waals surface area contributed by atoms with Crippen molar-refractivity contribution in [2.45, 2.75) is 26.5 Å². The summed E-state index contributed by atoms with van der Waals surface area (Å²) in [5, 5.41) is 20.5. The number of benzene rings is 1. The lowest BCUT2D eigenvalue weighted by Gasteiger charge is -2.05. The molecule has 0 unspecified atom stereocenters. The molecule has 0 saturated heterocycles. The van der Waals surface area contributed by atoms with Crippen LogP contribution in [0.1, 0.15) is 36.1 Å². The lowest BCUT2D eigenvalue weighted by molar-refractivity contribution is 0.0692. The zero-order valence-corrected chi connectivity index (χ0v) is 12.3. The molecular formula is C15H16N4O3. The Hall–Kier alpha value is -2.83. The van der Waals surface area contributed by atoms with Crippen LogP contribution in [0.5, 0.6) is 5.75 Å². The molecular weight excluding hydrogens is 284 g/mol. The van der Waals surface area contributed by atoms with Crippen LogP contribution in [0.15, 0.2) is 30.5 Å². The molecule has 0 spiro atoms. The average Bonchev–Trinajstić information content (AvgIpc) is 3.11. The molecule has 114 valence electrons. The zero-order chi connectivity index (χ0) is 15.7. The largest absolute Gasteiger partial charge is 0.487 e. The Balaban J connectivity index is 1.75. The predicted molar refractivity (Wildman–Crippen MR) is 80.0 cm³/mol. The SMILES string of the molecule is CC(C)n1ccc(COc2ccc3c(C(=O)O)n[nH]c3c2)n1. The van der Waals surface area contributed by atoms with Crippen molar-refractivity contribution in [2.24, 2.45) is 0 Å². The molecule has 2 N–H and O–H groups in total. The minimum Gasteiger partial charge on any atom is -0.487 e. The van der Waals surface area contributed by atoms with Crippen molar-refractivity contribution >= 4 is 16.9 Å². The van der Waals surface area contributed by atoms with Gasteiger partial charge in [0.1, 0.15) is 12.4 Å². The summed E-state index contributed by atoms with van der Waals surface area (Å²) in [5.74, 6) is -0.425. The molecule has 0 fully saturated rings. The summed E-state index contributed by atoms with van der Waals surface area (Å²) >= 11 is 0. The number of aromatic nitrogens is 4. The van der Waals surface area contributed by atoms with Crippen LogP contribution < -0.4 is 4.74 Å². The smallest absolute Gasteiger partial charge is 0.357 e. The van der Waals surface area contributed by atoms with Crippen LogP contribution in [0.2, 0.25) is 0 Å². The highest BCUT2D eigenvalue weighted by Gasteiger charge is 2.13. The van der Waals surface area contributed by atoms with E-state index in [1.165, 1.54) is 0 Å². The number of aromatic amines is 1. The van der Waals surface area contributed by atoms with Gasteiger partial charge >= 0.3 is 5.97 Å². The molecule has 0 saturated carbocycles. The van der Waals surface area contributed by atoms with E-state index in [0.29, 0.717) is 29.3 Å². The summed E-state index contributed by atoms with van der Waals surface area (Å²) in [4.78, 5) is 11.0. The number of hydrogen-bond acceptors (Lipinski definition) is 4. The molecule has 0 aliphatic carbocycles. The Kier molecular flexibility index (Phi) is 3.54. The van der Waals surface area contributed by atoms with Gasteiger partial charge in [-0.1, -0.05) is 0 Å². The Morgan fingerprint density at radius 2 is 2.23 bits per heavy atom. The molecule has 22 heavy (non-hydrogen) atoms. The van der Waals surface area contributed by atoms with Crippen molar-refractivity contribution in [2.75, 3.05) is 0 Å². The Morgan fingerprint density at radius 1 is 1.41 bits per heavy atom. The molecule has 0 bridgehead atoms. The molecule has 3 aromatic rings. The number of carboxylic acids is 1. The molecule has 7 nitrogen and oxygen atoms in total. The van der Waals surface area contributed by atoms with Gasteiger partial charge in [-0.3, -0.25) is 9.78 Å². The van der Waals surface area contributed by atoms with Gasteiger partial charge in [-0.15, -0.1) is 0 Å². The quantitative estimate of drug-likeness (QED) is 0.755. The van der Waals surface area contributed by atoms with Crippen LogP contribution in [0, 0.1) is 0 Å². The maximum absolute atomic E-state index is 11.0. The van der Waals surface area contributed by atoms with Crippen molar-refractivity contribution < 1.29 is 14.6 Å². The number of carbonyl (C=O) groups is 1. The fraction of sp³-hybridized carbons (Fsp3) is 0.267. The molecule has 2 aromatic heterocycles. The van der Waals surface area contributed by atoms with Crippen LogP contribution in [-0.2, 0) is 6.61 Å². The van der Waals surface area contributed by atoms with Gasteiger partial charge in [0.2, 0.25) is 0 Å². The van der Waals surface area contributed by atoms with E-state index in [2.05, 4.69) is 29.1 Å². The molecule has 0 aliphatic heterocycles. The van der Waals surface area contributed by atoms with Crippen molar-refractivity contribution in [3.8, 4) is 5.75 Å². The first-order valence-corrected chi connectivity index (χ1v) is 6.93. The standard InChI is InChI=1S/C15H16N4O3/c1-9(2)19-6-5-10(18-19)8-22-11-3-4-12-13(7-11)16-17-14(12)15(20)21/h3-7,9H,8H2,1-2H3,(H,16,17)(H,20,21). The van der Waals surface area contributed by atoms with Crippen LogP contribution in [0.4, 0.5) is 0 Å². The number of hydrogen-bond donors (Lipinski definition) is 2. The van der Waals surface area contributed by atoms with Crippen molar-refractivity contribution in [3.63, 3.8) is 0 Å². The second-order valence-corrected chi connectivity index (χ2v) is 5.25. The minimum atomic E-state index is -1.06. The third kappa shape index (κ3) is 2.65. The van der Waals surface area contributed by atoms with Gasteiger partial charge in [0, 0.05) is 23.7 Å². The summed E-state index contributed by atoms with van der Waals surface area (Å²) in [6, 6.07) is 7.36. The minimum absolute atomic E-state index is 0.0113. The molecule has 7 heteroatoms. The first kappa shape index (κ1) is 14.1. The van der Waals surface area contributed by atoms with E-state index in [0.717, 1.165) is 5.69 Å². The first-order chi connectivity index (χ1) is 10.5. The van der Waals surface area contributed by atoms with Crippen molar-refractivity contribution in [3.05, 3.63) is 41.9 Å². The summed E-state index contributed by atoms with van der Waals surface area (Å²) in [5.41, 5.74) is 1.48. The lowest BCUT2D eigenvalue weighted by atomic mass is 10.2. The number of fused-ring (bicyclic) bond motifs is 1. The van der Waals surface area contributed by atoms with E-state index >= 15 is 0 Å². The number of carboxylic acid groups (broad SMARTS) is 1. The van der Waals surface area contributed by atoms with E-state index in [9.17, 15) is 4.79 Å². The highest BCUT2D eigenvalue weighted by molar-refractivity contribution is 6.01. The molecule has 0 aliphatic rings. The second kappa shape index (κ2) is 5.51. The monoisotopic (exact) mass is 300 g/mol. The molecule has 0 atom stereocenters. The Labute approximate surface area is 126 Å². The molecule has 2 heterocycles. The summed E-state index contributed by atoms with van der Waals surface area (Å²) in [6.07, 6.45) is 1.92. The van der Waals surface area contributed by atoms with Gasteiger partial charge in [0.15, 0.2) is 5.69 Å². The number of aromatic carboxylic acids is 1. The van der Waals surface area contributed by atoms with E-state index in [1.54, 1.807) is 18.2 Å². The molecule has 3 rings (SSSR count). The number of rotatable bonds is 5. The normalized spacial score (nSPS) is 11.2. The first-order valence-electron chi connectivity index (χ1n) is 6.93. The molecule has 0 amide bonds. The lowest BCUT2D eigenvalue weighted by Crippen LogP contribution is -2.03. The molecule has 1 aromatic carbocycles. The highest BCUT2D eigenvalue weighted by atomic mass is 16.5. The summed E-state index contributed by atoms with van der Waals surface area (Å²) < 4.78 is 7.56. The van der Waals surface area contributed by atoms with Gasteiger partial charge in [0.25, 0.3) is 0 Å². The topological polar surface area (TPSA) is 93.0 Å². The second-order valence-electron chi connectivity index (χ2n) is 5.25.